The molecule has 0 amide bonds. The number of hydrogen-bond acceptors (Lipinski definition) is 3. The van der Waals surface area contributed by atoms with Gasteiger partial charge in [-0.3, -0.25) is 9.78 Å². The number of hydrogen-bond donors (Lipinski definition) is 1. The molecule has 4 heteroatoms. The SMILES string of the molecule is CC(=O)C=C(C)O.[Ir].[c-]1cccc2c1-c1nc3cccc4c3c(c1CC2)C=C4. The summed E-state index contributed by atoms with van der Waals surface area (Å²) in [5.74, 6) is -0.0625. The minimum absolute atomic E-state index is 0. The Hall–Kier alpha value is -2.55. The fourth-order valence-corrected chi connectivity index (χ4v) is 3.82. The second kappa shape index (κ2) is 8.22. The molecule has 3 nitrogen and oxygen atoms in total. The molecule has 0 bridgehead atoms. The van der Waals surface area contributed by atoms with E-state index in [2.05, 4.69) is 48.6 Å². The molecule has 0 saturated carbocycles. The summed E-state index contributed by atoms with van der Waals surface area (Å²) in [6.45, 7) is 2.85. The number of nitrogens with zero attached hydrogens (tertiary/aromatic N) is 1. The van der Waals surface area contributed by atoms with Crippen molar-refractivity contribution in [3.05, 3.63) is 76.6 Å². The molecule has 0 atom stereocenters. The first kappa shape index (κ1) is 20.2. The summed E-state index contributed by atoms with van der Waals surface area (Å²) in [6, 6.07) is 16.0. The maximum absolute atomic E-state index is 10.0. The zero-order valence-corrected chi connectivity index (χ0v) is 18.1. The van der Waals surface area contributed by atoms with Crippen LogP contribution >= 0.6 is 0 Å². The van der Waals surface area contributed by atoms with Crippen molar-refractivity contribution >= 4 is 28.8 Å². The molecule has 0 unspecified atom stereocenters. The van der Waals surface area contributed by atoms with Gasteiger partial charge in [0.25, 0.3) is 0 Å². The van der Waals surface area contributed by atoms with Gasteiger partial charge in [-0.25, -0.2) is 0 Å². The van der Waals surface area contributed by atoms with E-state index in [0.717, 1.165) is 24.1 Å². The van der Waals surface area contributed by atoms with Crippen LogP contribution in [0.15, 0.2) is 48.2 Å². The smallest absolute Gasteiger partial charge is 0.155 e. The number of benzene rings is 2. The maximum Gasteiger partial charge on any atom is 0.155 e. The van der Waals surface area contributed by atoms with Crippen LogP contribution in [0.1, 0.15) is 36.1 Å². The molecule has 2 aliphatic rings. The van der Waals surface area contributed by atoms with Crippen LogP contribution < -0.4 is 0 Å². The van der Waals surface area contributed by atoms with Gasteiger partial charge in [0.15, 0.2) is 5.78 Å². The number of aromatic nitrogens is 1. The van der Waals surface area contributed by atoms with E-state index in [1.807, 2.05) is 6.07 Å². The molecule has 2 aliphatic carbocycles. The first-order chi connectivity index (χ1) is 13.0. The van der Waals surface area contributed by atoms with Crippen LogP contribution in [0.2, 0.25) is 0 Å². The monoisotopic (exact) mass is 547 g/mol. The van der Waals surface area contributed by atoms with E-state index in [1.54, 1.807) is 0 Å². The third-order valence-corrected chi connectivity index (χ3v) is 4.85. The summed E-state index contributed by atoms with van der Waals surface area (Å²) in [5.41, 5.74) is 8.88. The van der Waals surface area contributed by atoms with Crippen LogP contribution in [-0.2, 0) is 37.7 Å². The predicted molar refractivity (Wildman–Crippen MR) is 109 cm³/mol. The quantitative estimate of drug-likeness (QED) is 0.200. The van der Waals surface area contributed by atoms with E-state index in [-0.39, 0.29) is 31.6 Å². The van der Waals surface area contributed by atoms with E-state index in [4.69, 9.17) is 10.1 Å². The van der Waals surface area contributed by atoms with Crippen molar-refractivity contribution in [1.82, 2.24) is 4.98 Å². The van der Waals surface area contributed by atoms with Crippen LogP contribution in [-0.4, -0.2) is 15.9 Å². The fourth-order valence-electron chi connectivity index (χ4n) is 3.82. The van der Waals surface area contributed by atoms with Crippen LogP contribution in [0.3, 0.4) is 0 Å². The molecule has 5 rings (SSSR count). The summed E-state index contributed by atoms with van der Waals surface area (Å²) in [6.07, 6.45) is 7.81. The third-order valence-electron chi connectivity index (χ3n) is 4.85. The van der Waals surface area contributed by atoms with Crippen molar-refractivity contribution in [2.45, 2.75) is 26.7 Å². The number of rotatable bonds is 1. The molecule has 2 aromatic carbocycles. The fraction of sp³-hybridized carbons (Fsp3) is 0.167. The van der Waals surface area contributed by atoms with Gasteiger partial charge in [0, 0.05) is 31.6 Å². The third kappa shape index (κ3) is 3.71. The number of carbonyl (C=O) groups excluding carboxylic acids is 1. The van der Waals surface area contributed by atoms with Gasteiger partial charge in [-0.15, -0.1) is 35.4 Å². The Labute approximate surface area is 178 Å². The van der Waals surface area contributed by atoms with Crippen LogP contribution in [0.25, 0.3) is 34.3 Å². The Bertz CT molecular complexity index is 1120. The average molecular weight is 547 g/mol. The Morgan fingerprint density at radius 1 is 1.14 bits per heavy atom. The van der Waals surface area contributed by atoms with E-state index in [0.29, 0.717) is 0 Å². The molecule has 143 valence electrons. The summed E-state index contributed by atoms with van der Waals surface area (Å²) in [4.78, 5) is 15.0. The van der Waals surface area contributed by atoms with Crippen molar-refractivity contribution in [2.24, 2.45) is 0 Å². The van der Waals surface area contributed by atoms with Gasteiger partial charge >= 0.3 is 0 Å². The van der Waals surface area contributed by atoms with E-state index in [1.165, 1.54) is 53.1 Å². The molecular formula is C24H20IrNO2-. The van der Waals surface area contributed by atoms with Crippen molar-refractivity contribution in [2.75, 3.05) is 0 Å². The van der Waals surface area contributed by atoms with Crippen molar-refractivity contribution in [3.63, 3.8) is 0 Å². The molecule has 0 fully saturated rings. The number of carbonyl (C=O) groups is 1. The van der Waals surface area contributed by atoms with Gasteiger partial charge in [-0.05, 0) is 43.2 Å². The number of aliphatic hydroxyl groups excluding tert-OH is 1. The molecule has 0 saturated heterocycles. The van der Waals surface area contributed by atoms with Gasteiger partial charge < -0.3 is 5.11 Å². The Morgan fingerprint density at radius 2 is 1.96 bits per heavy atom. The van der Waals surface area contributed by atoms with E-state index in [9.17, 15) is 4.79 Å². The minimum atomic E-state index is -0.125. The van der Waals surface area contributed by atoms with Gasteiger partial charge in [0.05, 0.1) is 11.3 Å². The van der Waals surface area contributed by atoms with Gasteiger partial charge in [-0.1, -0.05) is 36.3 Å². The van der Waals surface area contributed by atoms with Crippen molar-refractivity contribution in [3.8, 4) is 11.3 Å². The number of aryl methyl sites for hydroxylation is 1. The second-order valence-corrected chi connectivity index (χ2v) is 6.89. The average Bonchev–Trinajstić information content (AvgIpc) is 3.07. The summed E-state index contributed by atoms with van der Waals surface area (Å²) in [7, 11) is 0. The molecule has 1 heterocycles. The first-order valence-corrected chi connectivity index (χ1v) is 9.06. The van der Waals surface area contributed by atoms with E-state index < -0.39 is 0 Å². The Morgan fingerprint density at radius 3 is 2.68 bits per heavy atom. The predicted octanol–water partition coefficient (Wildman–Crippen LogP) is 5.32. The zero-order valence-electron chi connectivity index (χ0n) is 15.7. The van der Waals surface area contributed by atoms with Crippen molar-refractivity contribution in [1.29, 1.82) is 0 Å². The largest absolute Gasteiger partial charge is 0.512 e. The van der Waals surface area contributed by atoms with Crippen molar-refractivity contribution < 1.29 is 30.0 Å². The van der Waals surface area contributed by atoms with Crippen LogP contribution in [0, 0.1) is 6.07 Å². The minimum Gasteiger partial charge on any atom is -0.512 e. The normalized spacial score (nSPS) is 13.1. The maximum atomic E-state index is 10.0. The molecule has 3 aromatic rings. The van der Waals surface area contributed by atoms with Gasteiger partial charge in [0.2, 0.25) is 0 Å². The number of aliphatic hydroxyl groups is 1. The first-order valence-electron chi connectivity index (χ1n) is 9.06. The molecule has 1 N–H and O–H groups in total. The number of pyridine rings is 1. The summed E-state index contributed by atoms with van der Waals surface area (Å²) >= 11 is 0. The molecule has 1 radical (unpaired) electrons. The number of ketones is 1. The molecular weight excluding hydrogens is 526 g/mol. The van der Waals surface area contributed by atoms with Gasteiger partial charge in [0.1, 0.15) is 0 Å². The zero-order chi connectivity index (χ0) is 19.0. The standard InChI is InChI=1S/C19H12N.C5H8O2.Ir/c1-2-6-14-12(4-1)8-11-16-15-10-9-13-5-3-7-17(18(13)15)20-19(14)16;1-4(6)3-5(2)7;/h1-5,7,9-10H,8,11H2;3,6H,1-2H3;/q-1;;. The van der Waals surface area contributed by atoms with Crippen LogP contribution in [0.5, 0.6) is 0 Å². The Balaban J connectivity index is 0.000000246. The van der Waals surface area contributed by atoms with Gasteiger partial charge in [-0.2, -0.15) is 0 Å². The molecule has 1 aromatic heterocycles. The van der Waals surface area contributed by atoms with E-state index >= 15 is 0 Å². The number of allylic oxidation sites excluding steroid dienone is 2. The molecule has 28 heavy (non-hydrogen) atoms. The summed E-state index contributed by atoms with van der Waals surface area (Å²) < 4.78 is 0. The number of fused-ring (bicyclic) bond motifs is 4. The van der Waals surface area contributed by atoms with Crippen LogP contribution in [0.4, 0.5) is 0 Å². The molecule has 0 spiro atoms. The Kier molecular flexibility index (Phi) is 5.93. The molecule has 0 aliphatic heterocycles. The topological polar surface area (TPSA) is 50.2 Å². The summed E-state index contributed by atoms with van der Waals surface area (Å²) in [5, 5.41) is 9.69. The second-order valence-electron chi connectivity index (χ2n) is 6.89.